The van der Waals surface area contributed by atoms with Crippen LogP contribution in [0.25, 0.3) is 0 Å². The van der Waals surface area contributed by atoms with Gasteiger partial charge in [0.05, 0.1) is 6.10 Å². The minimum Gasteiger partial charge on any atom is -0.382 e. The Labute approximate surface area is 206 Å². The number of ether oxygens (including phenoxy) is 2. The van der Waals surface area contributed by atoms with Gasteiger partial charge in [-0.3, -0.25) is 4.99 Å². The topological polar surface area (TPSA) is 54.9 Å². The molecule has 1 saturated heterocycles. The smallest absolute Gasteiger partial charge is 0.191 e. The molecule has 2 atom stereocenters. The molecular weight excluding hydrogens is 501 g/mol. The maximum Gasteiger partial charge on any atom is 0.191 e. The van der Waals surface area contributed by atoms with Crippen LogP contribution in [0, 0.1) is 11.3 Å². The van der Waals surface area contributed by atoms with Crippen molar-refractivity contribution in [1.82, 2.24) is 10.6 Å². The second kappa shape index (κ2) is 14.3. The molecule has 0 spiro atoms. The first-order valence-corrected chi connectivity index (χ1v) is 12.0. The van der Waals surface area contributed by atoms with Crippen molar-refractivity contribution < 1.29 is 9.47 Å². The van der Waals surface area contributed by atoms with Gasteiger partial charge in [0.1, 0.15) is 0 Å². The van der Waals surface area contributed by atoms with Gasteiger partial charge in [0.15, 0.2) is 5.96 Å². The van der Waals surface area contributed by atoms with Crippen LogP contribution in [0.5, 0.6) is 0 Å². The molecule has 0 bridgehead atoms. The van der Waals surface area contributed by atoms with Crippen LogP contribution >= 0.6 is 24.0 Å². The molecule has 1 heterocycles. The number of nitrogens with one attached hydrogen (secondary N) is 2. The average Bonchev–Trinajstić information content (AvgIpc) is 3.26. The maximum atomic E-state index is 6.17. The molecule has 0 aromatic heterocycles. The Hall–Kier alpha value is -0.860. The summed E-state index contributed by atoms with van der Waals surface area (Å²) in [5.74, 6) is 1.40. The summed E-state index contributed by atoms with van der Waals surface area (Å²) < 4.78 is 11.8. The first kappa shape index (κ1) is 26.4. The van der Waals surface area contributed by atoms with Gasteiger partial charge in [-0.05, 0) is 56.9 Å². The number of guanidine groups is 1. The maximum absolute atomic E-state index is 6.17. The van der Waals surface area contributed by atoms with Gasteiger partial charge in [-0.2, -0.15) is 0 Å². The van der Waals surface area contributed by atoms with Crippen molar-refractivity contribution in [2.75, 3.05) is 39.5 Å². The van der Waals surface area contributed by atoms with E-state index < -0.39 is 0 Å². The lowest BCUT2D eigenvalue weighted by Crippen LogP contribution is -2.42. The van der Waals surface area contributed by atoms with Gasteiger partial charge >= 0.3 is 0 Å². The van der Waals surface area contributed by atoms with Crippen LogP contribution in [-0.2, 0) is 9.47 Å². The van der Waals surface area contributed by atoms with Crippen molar-refractivity contribution in [2.24, 2.45) is 16.3 Å². The van der Waals surface area contributed by atoms with E-state index in [0.29, 0.717) is 11.3 Å². The summed E-state index contributed by atoms with van der Waals surface area (Å²) in [5.41, 5.74) is 1.60. The summed E-state index contributed by atoms with van der Waals surface area (Å²) in [5, 5.41) is 7.08. The van der Waals surface area contributed by atoms with E-state index in [1.54, 1.807) is 0 Å². The highest BCUT2D eigenvalue weighted by Crippen LogP contribution is 2.41. The van der Waals surface area contributed by atoms with Crippen molar-refractivity contribution in [2.45, 2.75) is 64.9 Å². The van der Waals surface area contributed by atoms with Crippen molar-refractivity contribution in [3.63, 3.8) is 0 Å². The molecule has 2 N–H and O–H groups in total. The lowest BCUT2D eigenvalue weighted by molar-refractivity contribution is -0.0265. The third-order valence-corrected chi connectivity index (χ3v) is 6.67. The fourth-order valence-corrected chi connectivity index (χ4v) is 4.92. The van der Waals surface area contributed by atoms with E-state index in [1.807, 2.05) is 0 Å². The third kappa shape index (κ3) is 8.21. The third-order valence-electron chi connectivity index (χ3n) is 6.67. The number of benzene rings is 1. The minimum atomic E-state index is 0. The Morgan fingerprint density at radius 3 is 2.61 bits per heavy atom. The van der Waals surface area contributed by atoms with E-state index in [1.165, 1.54) is 37.7 Å². The zero-order valence-electron chi connectivity index (χ0n) is 19.4. The van der Waals surface area contributed by atoms with E-state index in [9.17, 15) is 0 Å². The summed E-state index contributed by atoms with van der Waals surface area (Å²) >= 11 is 0. The molecule has 2 aliphatic rings. The predicted molar refractivity (Wildman–Crippen MR) is 139 cm³/mol. The molecule has 1 aliphatic heterocycles. The first-order chi connectivity index (χ1) is 14.8. The molecule has 0 amide bonds. The SMILES string of the molecule is CCNC(=NCC1(CCOCC)CCCC1)NCC1CCCOC1c1ccccc1.I. The van der Waals surface area contributed by atoms with Crippen LogP contribution in [0.2, 0.25) is 0 Å². The number of aliphatic imine (C=N–C) groups is 1. The molecule has 31 heavy (non-hydrogen) atoms. The molecule has 1 saturated carbocycles. The molecule has 176 valence electrons. The number of hydrogen-bond acceptors (Lipinski definition) is 3. The molecule has 2 unspecified atom stereocenters. The molecule has 6 heteroatoms. The van der Waals surface area contributed by atoms with Crippen LogP contribution < -0.4 is 10.6 Å². The van der Waals surface area contributed by atoms with Crippen LogP contribution in [0.3, 0.4) is 0 Å². The summed E-state index contributed by atoms with van der Waals surface area (Å²) in [7, 11) is 0. The number of hydrogen-bond donors (Lipinski definition) is 2. The standard InChI is InChI=1S/C25H41N3O2.HI/c1-3-26-24(28-20-25(14-8-9-15-25)16-18-29-4-2)27-19-22-13-10-17-30-23(22)21-11-6-5-7-12-21;/h5-7,11-12,22-23H,3-4,8-10,13-20H2,1-2H3,(H2,26,27,28);1H. The van der Waals surface area contributed by atoms with Crippen LogP contribution in [0.15, 0.2) is 35.3 Å². The fraction of sp³-hybridized carbons (Fsp3) is 0.720. The Balaban J connectivity index is 0.00000341. The molecule has 3 rings (SSSR count). The molecule has 1 aliphatic carbocycles. The lowest BCUT2D eigenvalue weighted by Gasteiger charge is -2.33. The molecule has 1 aromatic rings. The highest BCUT2D eigenvalue weighted by molar-refractivity contribution is 14.0. The monoisotopic (exact) mass is 543 g/mol. The van der Waals surface area contributed by atoms with Gasteiger partial charge in [0.25, 0.3) is 0 Å². The zero-order valence-corrected chi connectivity index (χ0v) is 21.7. The fourth-order valence-electron chi connectivity index (χ4n) is 4.92. The molecule has 2 fully saturated rings. The van der Waals surface area contributed by atoms with Crippen molar-refractivity contribution in [1.29, 1.82) is 0 Å². The largest absolute Gasteiger partial charge is 0.382 e. The van der Waals surface area contributed by atoms with Gasteiger partial charge in [-0.15, -0.1) is 24.0 Å². The summed E-state index contributed by atoms with van der Waals surface area (Å²) in [4.78, 5) is 5.03. The summed E-state index contributed by atoms with van der Waals surface area (Å²) in [6.45, 7) is 9.37. The van der Waals surface area contributed by atoms with Crippen molar-refractivity contribution in [3.05, 3.63) is 35.9 Å². The van der Waals surface area contributed by atoms with Gasteiger partial charge in [0, 0.05) is 45.4 Å². The summed E-state index contributed by atoms with van der Waals surface area (Å²) in [6.07, 6.45) is 8.80. The second-order valence-electron chi connectivity index (χ2n) is 8.83. The van der Waals surface area contributed by atoms with Gasteiger partial charge < -0.3 is 20.1 Å². The second-order valence-corrected chi connectivity index (χ2v) is 8.83. The van der Waals surface area contributed by atoms with Crippen LogP contribution in [-0.4, -0.2) is 45.4 Å². The highest BCUT2D eigenvalue weighted by Gasteiger charge is 2.33. The van der Waals surface area contributed by atoms with Gasteiger partial charge in [-0.1, -0.05) is 43.2 Å². The van der Waals surface area contributed by atoms with E-state index in [4.69, 9.17) is 14.5 Å². The number of rotatable bonds is 10. The van der Waals surface area contributed by atoms with Gasteiger partial charge in [0.2, 0.25) is 0 Å². The predicted octanol–water partition coefficient (Wildman–Crippen LogP) is 5.31. The Morgan fingerprint density at radius 2 is 1.90 bits per heavy atom. The Bertz CT molecular complexity index is 635. The van der Waals surface area contributed by atoms with E-state index >= 15 is 0 Å². The minimum absolute atomic E-state index is 0. The molecule has 5 nitrogen and oxygen atoms in total. The van der Waals surface area contributed by atoms with E-state index in [2.05, 4.69) is 54.8 Å². The highest BCUT2D eigenvalue weighted by atomic mass is 127. The summed E-state index contributed by atoms with van der Waals surface area (Å²) in [6, 6.07) is 10.6. The van der Waals surface area contributed by atoms with Crippen molar-refractivity contribution in [3.8, 4) is 0 Å². The molecular formula is C25H42IN3O2. The number of halogens is 1. The lowest BCUT2D eigenvalue weighted by atomic mass is 9.83. The molecule has 1 aromatic carbocycles. The zero-order chi connectivity index (χ0) is 21.1. The van der Waals surface area contributed by atoms with E-state index in [-0.39, 0.29) is 30.1 Å². The van der Waals surface area contributed by atoms with E-state index in [0.717, 1.165) is 58.3 Å². The average molecular weight is 544 g/mol. The number of nitrogens with zero attached hydrogens (tertiary/aromatic N) is 1. The molecule has 0 radical (unpaired) electrons. The first-order valence-electron chi connectivity index (χ1n) is 12.0. The van der Waals surface area contributed by atoms with Crippen molar-refractivity contribution >= 4 is 29.9 Å². The Kier molecular flexibility index (Phi) is 12.2. The normalized spacial score (nSPS) is 23.2. The van der Waals surface area contributed by atoms with Crippen LogP contribution in [0.1, 0.15) is 70.5 Å². The van der Waals surface area contributed by atoms with Gasteiger partial charge in [-0.25, -0.2) is 0 Å². The Morgan fingerprint density at radius 1 is 1.13 bits per heavy atom. The quantitative estimate of drug-likeness (QED) is 0.182. The van der Waals surface area contributed by atoms with Crippen LogP contribution in [0.4, 0.5) is 0 Å².